The van der Waals surface area contributed by atoms with Crippen LogP contribution in [0.15, 0.2) is 52.3 Å². The zero-order valence-electron chi connectivity index (χ0n) is 19.5. The van der Waals surface area contributed by atoms with E-state index in [0.717, 1.165) is 16.9 Å². The normalized spacial score (nSPS) is 15.1. The molecule has 0 radical (unpaired) electrons. The quantitative estimate of drug-likeness (QED) is 0.383. The number of fused-ring (bicyclic) bond motifs is 1. The summed E-state index contributed by atoms with van der Waals surface area (Å²) < 4.78 is 7.16. The highest BCUT2D eigenvalue weighted by Gasteiger charge is 2.32. The number of rotatable bonds is 7. The molecule has 2 aromatic heterocycles. The van der Waals surface area contributed by atoms with E-state index >= 15 is 0 Å². The lowest BCUT2D eigenvalue weighted by atomic mass is 10.2. The van der Waals surface area contributed by atoms with Gasteiger partial charge in [0.1, 0.15) is 21.5 Å². The third-order valence-electron chi connectivity index (χ3n) is 5.41. The number of carbonyl (C=O) groups excluding carboxylic acids is 1. The number of ether oxygens (including phenoxy) is 1. The van der Waals surface area contributed by atoms with Gasteiger partial charge in [0, 0.05) is 12.7 Å². The molecule has 0 saturated carbocycles. The summed E-state index contributed by atoms with van der Waals surface area (Å²) in [5.74, 6) is 1.34. The number of hydrogen-bond acceptors (Lipinski definition) is 7. The van der Waals surface area contributed by atoms with Crippen LogP contribution in [0.1, 0.15) is 30.5 Å². The minimum absolute atomic E-state index is 0.227. The fourth-order valence-electron chi connectivity index (χ4n) is 3.56. The summed E-state index contributed by atoms with van der Waals surface area (Å²) in [5.41, 5.74) is 2.52. The van der Waals surface area contributed by atoms with E-state index in [-0.39, 0.29) is 11.5 Å². The molecule has 34 heavy (non-hydrogen) atoms. The number of methoxy groups -OCH3 is 1. The van der Waals surface area contributed by atoms with E-state index in [1.165, 1.54) is 16.2 Å². The number of aromatic nitrogens is 2. The van der Waals surface area contributed by atoms with Crippen molar-refractivity contribution in [1.29, 1.82) is 0 Å². The number of anilines is 1. The number of thioether (sulfide) groups is 1. The van der Waals surface area contributed by atoms with Gasteiger partial charge < -0.3 is 10.1 Å². The molecule has 3 heterocycles. The summed E-state index contributed by atoms with van der Waals surface area (Å²) in [6.07, 6.45) is 3.30. The first-order chi connectivity index (χ1) is 16.3. The number of hydrogen-bond donors (Lipinski definition) is 1. The number of aryl methyl sites for hydroxylation is 1. The van der Waals surface area contributed by atoms with Crippen molar-refractivity contribution in [3.63, 3.8) is 0 Å². The molecular formula is C25H26N4O3S2. The van der Waals surface area contributed by atoms with Crippen molar-refractivity contribution in [3.05, 3.63) is 74.5 Å². The summed E-state index contributed by atoms with van der Waals surface area (Å²) in [5, 5.41) is 3.29. The molecule has 3 aromatic rings. The Labute approximate surface area is 207 Å². The van der Waals surface area contributed by atoms with Crippen LogP contribution < -0.4 is 15.6 Å². The molecule has 1 aromatic carbocycles. The van der Waals surface area contributed by atoms with Gasteiger partial charge in [-0.25, -0.2) is 4.98 Å². The number of pyridine rings is 1. The predicted molar refractivity (Wildman–Crippen MR) is 141 cm³/mol. The first-order valence-electron chi connectivity index (χ1n) is 10.9. The second-order valence-electron chi connectivity index (χ2n) is 8.45. The molecule has 0 spiro atoms. The Kier molecular flexibility index (Phi) is 7.04. The Balaban J connectivity index is 1.71. The SMILES string of the molecule is COc1ccc(CN2C(=O)C(=Cc3c(NCC(C)C)nc4c(C)cccn4c3=O)SC2=S)cc1. The van der Waals surface area contributed by atoms with Crippen molar-refractivity contribution < 1.29 is 9.53 Å². The maximum Gasteiger partial charge on any atom is 0.267 e. The van der Waals surface area contributed by atoms with Crippen molar-refractivity contribution >= 4 is 51.7 Å². The van der Waals surface area contributed by atoms with Gasteiger partial charge in [-0.05, 0) is 48.2 Å². The van der Waals surface area contributed by atoms with Gasteiger partial charge in [-0.2, -0.15) is 0 Å². The standard InChI is InChI=1S/C25H26N4O3S2/c1-15(2)13-26-21-19(23(30)28-11-5-6-16(3)22(28)27-21)12-20-24(31)29(25(33)34-20)14-17-7-9-18(32-4)10-8-17/h5-12,15,26H,13-14H2,1-4H3. The average Bonchev–Trinajstić information content (AvgIpc) is 3.08. The minimum Gasteiger partial charge on any atom is -0.497 e. The molecule has 0 aliphatic carbocycles. The third-order valence-corrected chi connectivity index (χ3v) is 6.79. The zero-order chi connectivity index (χ0) is 24.4. The maximum absolute atomic E-state index is 13.4. The Morgan fingerprint density at radius 2 is 1.94 bits per heavy atom. The summed E-state index contributed by atoms with van der Waals surface area (Å²) in [6, 6.07) is 11.2. The lowest BCUT2D eigenvalue weighted by Crippen LogP contribution is -2.27. The largest absolute Gasteiger partial charge is 0.497 e. The van der Waals surface area contributed by atoms with E-state index in [2.05, 4.69) is 19.2 Å². The summed E-state index contributed by atoms with van der Waals surface area (Å²) in [4.78, 5) is 33.3. The number of thiocarbonyl (C=S) groups is 1. The van der Waals surface area contributed by atoms with E-state index in [9.17, 15) is 9.59 Å². The highest BCUT2D eigenvalue weighted by Crippen LogP contribution is 2.34. The first-order valence-corrected chi connectivity index (χ1v) is 12.1. The van der Waals surface area contributed by atoms with E-state index in [1.54, 1.807) is 24.3 Å². The second kappa shape index (κ2) is 9.99. The summed E-state index contributed by atoms with van der Waals surface area (Å²) in [6.45, 7) is 7.07. The number of benzene rings is 1. The van der Waals surface area contributed by atoms with E-state index in [1.807, 2.05) is 43.3 Å². The number of amides is 1. The molecule has 176 valence electrons. The van der Waals surface area contributed by atoms with Crippen molar-refractivity contribution in [2.24, 2.45) is 5.92 Å². The van der Waals surface area contributed by atoms with E-state index < -0.39 is 0 Å². The molecule has 1 fully saturated rings. The van der Waals surface area contributed by atoms with Gasteiger partial charge in [-0.3, -0.25) is 18.9 Å². The van der Waals surface area contributed by atoms with Gasteiger partial charge in [0.15, 0.2) is 0 Å². The van der Waals surface area contributed by atoms with Crippen molar-refractivity contribution in [3.8, 4) is 5.75 Å². The van der Waals surface area contributed by atoms with E-state index in [4.69, 9.17) is 21.9 Å². The van der Waals surface area contributed by atoms with Gasteiger partial charge in [0.25, 0.3) is 11.5 Å². The summed E-state index contributed by atoms with van der Waals surface area (Å²) >= 11 is 6.69. The van der Waals surface area contributed by atoms with E-state index in [0.29, 0.717) is 45.3 Å². The van der Waals surface area contributed by atoms with Crippen LogP contribution in [-0.4, -0.2) is 38.2 Å². The van der Waals surface area contributed by atoms with Gasteiger partial charge in [0.05, 0.1) is 24.1 Å². The Morgan fingerprint density at radius 3 is 2.62 bits per heavy atom. The maximum atomic E-state index is 13.4. The van der Waals surface area contributed by atoms with Crippen LogP contribution in [0.5, 0.6) is 5.75 Å². The van der Waals surface area contributed by atoms with Gasteiger partial charge in [0.2, 0.25) is 0 Å². The van der Waals surface area contributed by atoms with Crippen LogP contribution in [0, 0.1) is 12.8 Å². The van der Waals surface area contributed by atoms with Crippen LogP contribution in [0.4, 0.5) is 5.82 Å². The Hall–Kier alpha value is -3.17. The van der Waals surface area contributed by atoms with Crippen LogP contribution in [0.3, 0.4) is 0 Å². The second-order valence-corrected chi connectivity index (χ2v) is 10.1. The molecule has 0 bridgehead atoms. The summed E-state index contributed by atoms with van der Waals surface area (Å²) in [7, 11) is 1.61. The molecule has 4 rings (SSSR count). The minimum atomic E-state index is -0.236. The van der Waals surface area contributed by atoms with Crippen molar-refractivity contribution in [1.82, 2.24) is 14.3 Å². The lowest BCUT2D eigenvalue weighted by Gasteiger charge is -2.15. The van der Waals surface area contributed by atoms with Crippen LogP contribution >= 0.6 is 24.0 Å². The molecule has 1 aliphatic rings. The predicted octanol–water partition coefficient (Wildman–Crippen LogP) is 4.48. The number of nitrogens with zero attached hydrogens (tertiary/aromatic N) is 3. The average molecular weight is 495 g/mol. The Bertz CT molecular complexity index is 1350. The topological polar surface area (TPSA) is 75.9 Å². The molecule has 1 aliphatic heterocycles. The fourth-order valence-corrected chi connectivity index (χ4v) is 4.80. The lowest BCUT2D eigenvalue weighted by molar-refractivity contribution is -0.122. The van der Waals surface area contributed by atoms with Crippen LogP contribution in [0.2, 0.25) is 0 Å². The van der Waals surface area contributed by atoms with Gasteiger partial charge in [-0.1, -0.05) is 56.0 Å². The van der Waals surface area contributed by atoms with Crippen molar-refractivity contribution in [2.45, 2.75) is 27.3 Å². The van der Waals surface area contributed by atoms with Crippen LogP contribution in [0.25, 0.3) is 11.7 Å². The highest BCUT2D eigenvalue weighted by molar-refractivity contribution is 8.26. The molecule has 1 N–H and O–H groups in total. The number of nitrogens with one attached hydrogen (secondary N) is 1. The van der Waals surface area contributed by atoms with Gasteiger partial charge >= 0.3 is 0 Å². The Morgan fingerprint density at radius 1 is 1.21 bits per heavy atom. The van der Waals surface area contributed by atoms with Crippen molar-refractivity contribution in [2.75, 3.05) is 19.0 Å². The molecular weight excluding hydrogens is 468 g/mol. The zero-order valence-corrected chi connectivity index (χ0v) is 21.1. The smallest absolute Gasteiger partial charge is 0.267 e. The molecule has 1 amide bonds. The highest BCUT2D eigenvalue weighted by atomic mass is 32.2. The number of carbonyl (C=O) groups is 1. The third kappa shape index (κ3) is 4.85. The molecule has 0 atom stereocenters. The van der Waals surface area contributed by atoms with Crippen LogP contribution in [-0.2, 0) is 11.3 Å². The monoisotopic (exact) mass is 494 g/mol. The first kappa shape index (κ1) is 24.0. The molecule has 7 nitrogen and oxygen atoms in total. The molecule has 9 heteroatoms. The van der Waals surface area contributed by atoms with Gasteiger partial charge in [-0.15, -0.1) is 0 Å². The fraction of sp³-hybridized carbons (Fsp3) is 0.280. The molecule has 1 saturated heterocycles. The molecule has 0 unspecified atom stereocenters.